The van der Waals surface area contributed by atoms with Gasteiger partial charge in [0.05, 0.1) is 0 Å². The Labute approximate surface area is 173 Å². The maximum absolute atomic E-state index is 13.3. The van der Waals surface area contributed by atoms with E-state index in [9.17, 15) is 4.79 Å². The molecule has 0 N–H and O–H groups in total. The monoisotopic (exact) mass is 448 g/mol. The molecule has 1 aliphatic rings. The Morgan fingerprint density at radius 2 is 1.61 bits per heavy atom. The average molecular weight is 447 g/mol. The second-order valence-corrected chi connectivity index (χ2v) is 11.2. The van der Waals surface area contributed by atoms with Crippen molar-refractivity contribution in [1.82, 2.24) is 0 Å². The number of carbonyl (C=O) groups is 1. The first-order valence-electron chi connectivity index (χ1n) is 9.57. The van der Waals surface area contributed by atoms with Gasteiger partial charge >= 0.3 is 174 Å². The molecule has 28 heavy (non-hydrogen) atoms. The molecule has 0 aromatic heterocycles. The minimum atomic E-state index is -0.752. The van der Waals surface area contributed by atoms with Crippen molar-refractivity contribution in [2.24, 2.45) is 0 Å². The van der Waals surface area contributed by atoms with Gasteiger partial charge in [-0.3, -0.25) is 0 Å². The minimum absolute atomic E-state index is 0.153. The molecule has 0 saturated carbocycles. The summed E-state index contributed by atoms with van der Waals surface area (Å²) in [7, 11) is 0. The summed E-state index contributed by atoms with van der Waals surface area (Å²) in [5.74, 6) is -0.206. The summed E-state index contributed by atoms with van der Waals surface area (Å²) < 4.78 is 18.4. The van der Waals surface area contributed by atoms with E-state index in [1.807, 2.05) is 76.2 Å². The fourth-order valence-electron chi connectivity index (χ4n) is 3.08. The Bertz CT molecular complexity index is 772. The van der Waals surface area contributed by atoms with Gasteiger partial charge in [-0.25, -0.2) is 0 Å². The van der Waals surface area contributed by atoms with Gasteiger partial charge in [-0.2, -0.15) is 0 Å². The standard InChI is InChI=1S/C23H28O4Se/c1-22(2,3)27-21(24)23(4,28-18-13-9-6-10-14-18)19-15-16-25-20(26-19)17-11-7-5-8-12-17/h5-14,19-20H,15-16H2,1-4H3/t19-,20-,23?/m0/s1. The van der Waals surface area contributed by atoms with Gasteiger partial charge in [0.1, 0.15) is 0 Å². The maximum atomic E-state index is 13.3. The van der Waals surface area contributed by atoms with Crippen LogP contribution in [0.4, 0.5) is 0 Å². The summed E-state index contributed by atoms with van der Waals surface area (Å²) >= 11 is -0.153. The molecule has 3 atom stereocenters. The second kappa shape index (κ2) is 8.79. The van der Waals surface area contributed by atoms with Crippen molar-refractivity contribution < 1.29 is 19.0 Å². The van der Waals surface area contributed by atoms with Crippen LogP contribution in [0.2, 0.25) is 4.31 Å². The van der Waals surface area contributed by atoms with Gasteiger partial charge in [-0.1, -0.05) is 0 Å². The summed E-state index contributed by atoms with van der Waals surface area (Å²) in [5.41, 5.74) is 0.417. The van der Waals surface area contributed by atoms with Crippen molar-refractivity contribution in [3.05, 3.63) is 66.2 Å². The molecule has 0 bridgehead atoms. The Morgan fingerprint density at radius 3 is 2.21 bits per heavy atom. The van der Waals surface area contributed by atoms with Crippen molar-refractivity contribution in [3.8, 4) is 0 Å². The molecular formula is C23H28O4Se. The number of carbonyl (C=O) groups excluding carboxylic acids is 1. The number of ether oxygens (including phenoxy) is 3. The summed E-state index contributed by atoms with van der Waals surface area (Å²) in [6.07, 6.45) is -0.0806. The van der Waals surface area contributed by atoms with Crippen molar-refractivity contribution in [2.45, 2.75) is 56.4 Å². The van der Waals surface area contributed by atoms with Crippen LogP contribution in [0, 0.1) is 0 Å². The van der Waals surface area contributed by atoms with E-state index in [0.717, 1.165) is 10.0 Å². The molecule has 0 aliphatic carbocycles. The van der Waals surface area contributed by atoms with E-state index in [4.69, 9.17) is 14.2 Å². The summed E-state index contributed by atoms with van der Waals surface area (Å²) in [6.45, 7) is 8.23. The number of hydrogen-bond acceptors (Lipinski definition) is 4. The molecule has 4 nitrogen and oxygen atoms in total. The molecule has 1 aliphatic heterocycles. The normalized spacial score (nSPS) is 22.3. The van der Waals surface area contributed by atoms with Crippen LogP contribution in [0.25, 0.3) is 0 Å². The van der Waals surface area contributed by atoms with Gasteiger partial charge < -0.3 is 0 Å². The fourth-order valence-corrected chi connectivity index (χ4v) is 5.62. The van der Waals surface area contributed by atoms with Crippen LogP contribution in [0.5, 0.6) is 0 Å². The Hall–Kier alpha value is -1.65. The third-order valence-electron chi connectivity index (χ3n) is 4.50. The Kier molecular flexibility index (Phi) is 6.61. The molecule has 1 unspecified atom stereocenters. The average Bonchev–Trinajstić information content (AvgIpc) is 2.68. The summed E-state index contributed by atoms with van der Waals surface area (Å²) in [6, 6.07) is 20.0. The van der Waals surface area contributed by atoms with Crippen LogP contribution in [0.15, 0.2) is 60.7 Å². The number of rotatable bonds is 5. The predicted octanol–water partition coefficient (Wildman–Crippen LogP) is 4.04. The van der Waals surface area contributed by atoms with Crippen LogP contribution >= 0.6 is 0 Å². The van der Waals surface area contributed by atoms with Crippen molar-refractivity contribution in [2.75, 3.05) is 6.61 Å². The SMILES string of the molecule is CC(C)(C)OC(=O)C(C)([Se]c1ccccc1)[C@@H]1CCO[C@H](c2ccccc2)O1. The van der Waals surface area contributed by atoms with E-state index in [-0.39, 0.29) is 27.0 Å². The second-order valence-electron chi connectivity index (χ2n) is 8.05. The van der Waals surface area contributed by atoms with Gasteiger partial charge in [-0.15, -0.1) is 0 Å². The van der Waals surface area contributed by atoms with Gasteiger partial charge in [-0.05, 0) is 0 Å². The molecular weight excluding hydrogens is 419 g/mol. The third kappa shape index (κ3) is 5.24. The van der Waals surface area contributed by atoms with E-state index < -0.39 is 16.2 Å². The summed E-state index contributed by atoms with van der Waals surface area (Å²) in [4.78, 5) is 13.3. The van der Waals surface area contributed by atoms with Crippen molar-refractivity contribution in [1.29, 1.82) is 0 Å². The first-order chi connectivity index (χ1) is 13.3. The zero-order valence-electron chi connectivity index (χ0n) is 16.9. The quantitative estimate of drug-likeness (QED) is 0.513. The van der Waals surface area contributed by atoms with E-state index >= 15 is 0 Å². The zero-order chi connectivity index (χ0) is 20.2. The van der Waals surface area contributed by atoms with Crippen LogP contribution in [-0.4, -0.2) is 39.2 Å². The fraction of sp³-hybridized carbons (Fsp3) is 0.435. The topological polar surface area (TPSA) is 44.8 Å². The number of benzene rings is 2. The van der Waals surface area contributed by atoms with Crippen molar-refractivity contribution >= 4 is 25.4 Å². The van der Waals surface area contributed by atoms with Crippen LogP contribution in [0.1, 0.15) is 46.0 Å². The Morgan fingerprint density at radius 1 is 1.00 bits per heavy atom. The Balaban J connectivity index is 1.87. The summed E-state index contributed by atoms with van der Waals surface area (Å²) in [5, 5.41) is 0. The molecule has 150 valence electrons. The third-order valence-corrected chi connectivity index (χ3v) is 7.36. The molecule has 0 radical (unpaired) electrons. The van der Waals surface area contributed by atoms with E-state index in [2.05, 4.69) is 12.1 Å². The van der Waals surface area contributed by atoms with E-state index in [0.29, 0.717) is 13.0 Å². The van der Waals surface area contributed by atoms with E-state index in [1.54, 1.807) is 0 Å². The molecule has 1 fully saturated rings. The molecule has 3 rings (SSSR count). The molecule has 5 heteroatoms. The van der Waals surface area contributed by atoms with Crippen molar-refractivity contribution in [3.63, 3.8) is 0 Å². The first kappa shape index (κ1) is 21.1. The number of esters is 1. The number of hydrogen-bond donors (Lipinski definition) is 0. The molecule has 1 heterocycles. The van der Waals surface area contributed by atoms with Crippen LogP contribution < -0.4 is 4.46 Å². The zero-order valence-corrected chi connectivity index (χ0v) is 18.6. The van der Waals surface area contributed by atoms with Crippen LogP contribution in [-0.2, 0) is 19.0 Å². The van der Waals surface area contributed by atoms with Gasteiger partial charge in [0.2, 0.25) is 0 Å². The van der Waals surface area contributed by atoms with Gasteiger partial charge in [0, 0.05) is 0 Å². The van der Waals surface area contributed by atoms with Gasteiger partial charge in [0.25, 0.3) is 0 Å². The predicted molar refractivity (Wildman–Crippen MR) is 111 cm³/mol. The van der Waals surface area contributed by atoms with Crippen LogP contribution in [0.3, 0.4) is 0 Å². The first-order valence-corrected chi connectivity index (χ1v) is 11.3. The molecule has 0 spiro atoms. The molecule has 2 aromatic rings. The molecule has 2 aromatic carbocycles. The molecule has 1 saturated heterocycles. The van der Waals surface area contributed by atoms with E-state index in [1.165, 1.54) is 0 Å². The van der Waals surface area contributed by atoms with Gasteiger partial charge in [0.15, 0.2) is 0 Å². The molecule has 0 amide bonds.